The van der Waals surface area contributed by atoms with Crippen LogP contribution in [0.5, 0.6) is 0 Å². The van der Waals surface area contributed by atoms with Crippen LogP contribution in [-0.4, -0.2) is 22.9 Å². The zero-order chi connectivity index (χ0) is 19.0. The molecule has 0 unspecified atom stereocenters. The summed E-state index contributed by atoms with van der Waals surface area (Å²) in [7, 11) is 1.80. The second kappa shape index (κ2) is 7.42. The summed E-state index contributed by atoms with van der Waals surface area (Å²) in [5.74, 6) is 0.0510. The van der Waals surface area contributed by atoms with E-state index in [4.69, 9.17) is 5.14 Å². The monoisotopic (exact) mass is 396 g/mol. The largest absolute Gasteiger partial charge is 0.291 e. The molecule has 2 heterocycles. The third-order valence-electron chi connectivity index (χ3n) is 4.92. The van der Waals surface area contributed by atoms with Gasteiger partial charge in [0.05, 0.1) is 15.6 Å². The lowest BCUT2D eigenvalue weighted by molar-refractivity contribution is -0.121. The molecule has 1 atom stereocenters. The van der Waals surface area contributed by atoms with Crippen LogP contribution in [0.4, 0.5) is 5.13 Å². The molecule has 27 heavy (non-hydrogen) atoms. The first-order chi connectivity index (χ1) is 13.1. The molecule has 4 rings (SSSR count). The molecule has 0 fully saturated rings. The van der Waals surface area contributed by atoms with E-state index in [0.717, 1.165) is 34.0 Å². The molecule has 1 amide bonds. The maximum Gasteiger partial charge on any atom is 0.232 e. The van der Waals surface area contributed by atoms with Crippen molar-refractivity contribution in [3.63, 3.8) is 0 Å². The van der Waals surface area contributed by atoms with Crippen LogP contribution >= 0.6 is 23.3 Å². The van der Waals surface area contributed by atoms with Crippen LogP contribution in [0, 0.1) is 12.8 Å². The molecule has 7 heteroatoms. The highest BCUT2D eigenvalue weighted by atomic mass is 32.2. The minimum atomic E-state index is -0.0535. The number of hydrogen-bond donors (Lipinski definition) is 1. The lowest BCUT2D eigenvalue weighted by atomic mass is 10.0. The molecule has 2 aromatic heterocycles. The van der Waals surface area contributed by atoms with E-state index >= 15 is 0 Å². The van der Waals surface area contributed by atoms with E-state index in [2.05, 4.69) is 28.2 Å². The molecule has 0 bridgehead atoms. The van der Waals surface area contributed by atoms with Crippen molar-refractivity contribution in [1.82, 2.24) is 9.97 Å². The van der Waals surface area contributed by atoms with Crippen molar-refractivity contribution in [2.45, 2.75) is 24.0 Å². The van der Waals surface area contributed by atoms with E-state index in [1.165, 1.54) is 34.4 Å². The van der Waals surface area contributed by atoms with Crippen LogP contribution in [0.3, 0.4) is 0 Å². The quantitative estimate of drug-likeness (QED) is 0.678. The van der Waals surface area contributed by atoms with Gasteiger partial charge in [0.15, 0.2) is 5.13 Å². The number of benzene rings is 1. The smallest absolute Gasteiger partial charge is 0.232 e. The molecular weight excluding hydrogens is 376 g/mol. The molecule has 5 nitrogen and oxygen atoms in total. The van der Waals surface area contributed by atoms with Crippen molar-refractivity contribution in [1.29, 1.82) is 0 Å². The summed E-state index contributed by atoms with van der Waals surface area (Å²) in [6.07, 6.45) is 3.32. The number of fused-ring (bicyclic) bond motifs is 1. The summed E-state index contributed by atoms with van der Waals surface area (Å²) in [4.78, 5) is 23.6. The van der Waals surface area contributed by atoms with Crippen LogP contribution in [0.25, 0.3) is 11.3 Å². The average molecular weight is 397 g/mol. The Hall–Kier alpha value is -2.22. The fourth-order valence-corrected chi connectivity index (χ4v) is 4.88. The number of hydrogen-bond acceptors (Lipinski definition) is 6. The van der Waals surface area contributed by atoms with E-state index in [9.17, 15) is 4.79 Å². The highest BCUT2D eigenvalue weighted by molar-refractivity contribution is 7.99. The molecule has 0 saturated heterocycles. The zero-order valence-corrected chi connectivity index (χ0v) is 16.8. The van der Waals surface area contributed by atoms with Gasteiger partial charge in [-0.15, -0.1) is 0 Å². The third kappa shape index (κ3) is 3.50. The van der Waals surface area contributed by atoms with Crippen molar-refractivity contribution in [2.75, 3.05) is 11.9 Å². The van der Waals surface area contributed by atoms with Crippen molar-refractivity contribution in [2.24, 2.45) is 11.1 Å². The Kier molecular flexibility index (Phi) is 4.99. The summed E-state index contributed by atoms with van der Waals surface area (Å²) < 4.78 is 0.944. The Morgan fingerprint density at radius 2 is 2.07 bits per heavy atom. The Morgan fingerprint density at radius 3 is 2.78 bits per heavy atom. The van der Waals surface area contributed by atoms with E-state index < -0.39 is 0 Å². The molecule has 0 aliphatic heterocycles. The van der Waals surface area contributed by atoms with Gasteiger partial charge in [0.25, 0.3) is 0 Å². The molecule has 0 spiro atoms. The summed E-state index contributed by atoms with van der Waals surface area (Å²) in [5.41, 5.74) is 5.40. The first-order valence-corrected chi connectivity index (χ1v) is 10.4. The maximum atomic E-state index is 13.0. The second-order valence-electron chi connectivity index (χ2n) is 6.69. The molecule has 0 radical (unpaired) electrons. The Labute approximate surface area is 166 Å². The lowest BCUT2D eigenvalue weighted by Crippen LogP contribution is -2.33. The van der Waals surface area contributed by atoms with Crippen molar-refractivity contribution >= 4 is 34.3 Å². The molecule has 1 aromatic carbocycles. The number of carbonyl (C=O) groups is 1. The summed E-state index contributed by atoms with van der Waals surface area (Å²) >= 11 is 2.64. The average Bonchev–Trinajstić information content (AvgIpc) is 3.30. The summed E-state index contributed by atoms with van der Waals surface area (Å²) in [6.45, 7) is 1.91. The third-order valence-corrected chi connectivity index (χ3v) is 6.99. The summed E-state index contributed by atoms with van der Waals surface area (Å²) in [5, 5.41) is 6.36. The van der Waals surface area contributed by atoms with Gasteiger partial charge in [-0.1, -0.05) is 29.5 Å². The van der Waals surface area contributed by atoms with Crippen LogP contribution < -0.4 is 10.0 Å². The molecule has 3 aromatic rings. The highest BCUT2D eigenvalue weighted by Gasteiger charge is 2.31. The molecule has 2 N–H and O–H groups in total. The normalized spacial score (nSPS) is 15.6. The Bertz CT molecular complexity index is 987. The fraction of sp³-hybridized carbons (Fsp3) is 0.250. The number of rotatable bonds is 4. The van der Waals surface area contributed by atoms with Crippen LogP contribution in [-0.2, 0) is 17.6 Å². The number of thiazole rings is 1. The number of anilines is 1. The number of aryl methyl sites for hydroxylation is 1. The van der Waals surface area contributed by atoms with Crippen LogP contribution in [0.1, 0.15) is 16.8 Å². The molecule has 138 valence electrons. The maximum absolute atomic E-state index is 13.0. The molecule has 1 aliphatic carbocycles. The van der Waals surface area contributed by atoms with Gasteiger partial charge in [0, 0.05) is 24.7 Å². The zero-order valence-electron chi connectivity index (χ0n) is 15.2. The molecule has 1 aliphatic rings. The van der Waals surface area contributed by atoms with E-state index in [1.807, 2.05) is 25.1 Å². The van der Waals surface area contributed by atoms with Gasteiger partial charge in [-0.2, -0.15) is 0 Å². The predicted molar refractivity (Wildman–Crippen MR) is 111 cm³/mol. The van der Waals surface area contributed by atoms with Crippen LogP contribution in [0.2, 0.25) is 0 Å². The van der Waals surface area contributed by atoms with Crippen LogP contribution in [0.15, 0.2) is 46.8 Å². The van der Waals surface area contributed by atoms with Crippen molar-refractivity contribution in [3.05, 3.63) is 59.4 Å². The number of carbonyl (C=O) groups excluding carboxylic acids is 1. The minimum absolute atomic E-state index is 0.0535. The SMILES string of the molecule is Cc1nc(N(C)C(=O)[C@@H]2Cc3ccc(-c4ccccn4)cc3C2)sc1SN. The lowest BCUT2D eigenvalue weighted by Gasteiger charge is -2.18. The first-order valence-electron chi connectivity index (χ1n) is 8.71. The molecular formula is C20H20N4OS2. The van der Waals surface area contributed by atoms with Crippen molar-refractivity contribution < 1.29 is 4.79 Å². The molecule has 0 saturated carbocycles. The van der Waals surface area contributed by atoms with Gasteiger partial charge in [-0.05, 0) is 61.0 Å². The van der Waals surface area contributed by atoms with E-state index in [0.29, 0.717) is 5.13 Å². The highest BCUT2D eigenvalue weighted by Crippen LogP contribution is 2.35. The number of amides is 1. The minimum Gasteiger partial charge on any atom is -0.291 e. The van der Waals surface area contributed by atoms with Gasteiger partial charge in [-0.25, -0.2) is 4.98 Å². The van der Waals surface area contributed by atoms with Gasteiger partial charge in [0.2, 0.25) is 5.91 Å². The fourth-order valence-electron chi connectivity index (χ4n) is 3.48. The van der Waals surface area contributed by atoms with Crippen molar-refractivity contribution in [3.8, 4) is 11.3 Å². The van der Waals surface area contributed by atoms with Gasteiger partial charge < -0.3 is 0 Å². The Morgan fingerprint density at radius 1 is 1.26 bits per heavy atom. The standard InChI is InChI=1S/C20H20N4OS2/c1-12-19(27-21)26-20(23-12)24(2)18(25)16-9-13-6-7-14(10-15(13)11-16)17-5-3-4-8-22-17/h3-8,10,16H,9,11,21H2,1-2H3/t16-/m1/s1. The van der Waals surface area contributed by atoms with Gasteiger partial charge in [-0.3, -0.25) is 19.8 Å². The van der Waals surface area contributed by atoms with E-state index in [-0.39, 0.29) is 11.8 Å². The second-order valence-corrected chi connectivity index (χ2v) is 8.57. The topological polar surface area (TPSA) is 72.1 Å². The van der Waals surface area contributed by atoms with Gasteiger partial charge >= 0.3 is 0 Å². The first kappa shape index (κ1) is 18.2. The summed E-state index contributed by atoms with van der Waals surface area (Å²) in [6, 6.07) is 12.3. The van der Waals surface area contributed by atoms with Gasteiger partial charge in [0.1, 0.15) is 0 Å². The van der Waals surface area contributed by atoms with E-state index in [1.54, 1.807) is 18.1 Å². The number of nitrogens with zero attached hydrogens (tertiary/aromatic N) is 3. The number of pyridine rings is 1. The number of nitrogens with two attached hydrogens (primary N) is 1. The number of aromatic nitrogens is 2. The Balaban J connectivity index is 1.52. The predicted octanol–water partition coefficient (Wildman–Crippen LogP) is 3.86.